The second kappa shape index (κ2) is 4.94. The fourth-order valence-corrected chi connectivity index (χ4v) is 2.81. The minimum absolute atomic E-state index is 0.141. The van der Waals surface area contributed by atoms with Crippen LogP contribution in [0.5, 0.6) is 0 Å². The minimum atomic E-state index is -0.738. The summed E-state index contributed by atoms with van der Waals surface area (Å²) >= 11 is 0. The van der Waals surface area contributed by atoms with Crippen LogP contribution >= 0.6 is 0 Å². The molecule has 106 valence electrons. The largest absolute Gasteiger partial charge is 0.481 e. The van der Waals surface area contributed by atoms with Crippen molar-refractivity contribution in [2.45, 2.75) is 64.7 Å². The van der Waals surface area contributed by atoms with Gasteiger partial charge < -0.3 is 9.63 Å². The Morgan fingerprint density at radius 1 is 1.37 bits per heavy atom. The molecule has 0 aromatic carbocycles. The summed E-state index contributed by atoms with van der Waals surface area (Å²) < 4.78 is 5.31. The molecule has 1 aliphatic rings. The maximum absolute atomic E-state index is 11.0. The molecule has 2 rings (SSSR count). The average molecular weight is 266 g/mol. The SMILES string of the molecule is CC(C)(C)c1noc(CC2(CC(=O)O)CCCC2)n1. The molecule has 1 aliphatic carbocycles. The van der Waals surface area contributed by atoms with Crippen molar-refractivity contribution in [2.24, 2.45) is 5.41 Å². The highest BCUT2D eigenvalue weighted by Crippen LogP contribution is 2.43. The molecule has 0 aliphatic heterocycles. The Morgan fingerprint density at radius 3 is 2.47 bits per heavy atom. The van der Waals surface area contributed by atoms with E-state index in [-0.39, 0.29) is 17.3 Å². The smallest absolute Gasteiger partial charge is 0.303 e. The van der Waals surface area contributed by atoms with E-state index in [0.717, 1.165) is 25.7 Å². The molecular weight excluding hydrogens is 244 g/mol. The zero-order chi connectivity index (χ0) is 14.1. The van der Waals surface area contributed by atoms with Gasteiger partial charge in [-0.05, 0) is 18.3 Å². The van der Waals surface area contributed by atoms with E-state index >= 15 is 0 Å². The average Bonchev–Trinajstić information content (AvgIpc) is 2.86. The molecule has 5 heteroatoms. The van der Waals surface area contributed by atoms with Gasteiger partial charge in [0.05, 0.1) is 6.42 Å². The lowest BCUT2D eigenvalue weighted by Gasteiger charge is -2.24. The van der Waals surface area contributed by atoms with Gasteiger partial charge in [0.25, 0.3) is 0 Å². The second-order valence-corrected chi connectivity index (χ2v) is 6.72. The molecule has 1 fully saturated rings. The summed E-state index contributed by atoms with van der Waals surface area (Å²) in [5.41, 5.74) is -0.328. The molecule has 0 saturated heterocycles. The molecule has 1 saturated carbocycles. The Hall–Kier alpha value is -1.39. The van der Waals surface area contributed by atoms with Crippen molar-refractivity contribution in [3.63, 3.8) is 0 Å². The zero-order valence-corrected chi connectivity index (χ0v) is 11.9. The molecule has 1 aromatic heterocycles. The molecule has 1 N–H and O–H groups in total. The normalized spacial score (nSPS) is 18.7. The third-order valence-electron chi connectivity index (χ3n) is 3.86. The number of carboxylic acids is 1. The summed E-state index contributed by atoms with van der Waals surface area (Å²) in [5, 5.41) is 13.1. The van der Waals surface area contributed by atoms with Gasteiger partial charge in [0.1, 0.15) is 0 Å². The molecule has 0 spiro atoms. The van der Waals surface area contributed by atoms with Gasteiger partial charge in [-0.3, -0.25) is 4.79 Å². The van der Waals surface area contributed by atoms with Gasteiger partial charge in [-0.1, -0.05) is 38.8 Å². The van der Waals surface area contributed by atoms with Crippen LogP contribution in [-0.2, 0) is 16.6 Å². The molecule has 0 amide bonds. The summed E-state index contributed by atoms with van der Waals surface area (Å²) in [6.07, 6.45) is 4.84. The quantitative estimate of drug-likeness (QED) is 0.906. The molecule has 0 unspecified atom stereocenters. The van der Waals surface area contributed by atoms with Crippen molar-refractivity contribution in [1.82, 2.24) is 10.1 Å². The van der Waals surface area contributed by atoms with Crippen molar-refractivity contribution < 1.29 is 14.4 Å². The first-order chi connectivity index (χ1) is 8.81. The molecule has 0 atom stereocenters. The van der Waals surface area contributed by atoms with Crippen molar-refractivity contribution >= 4 is 5.97 Å². The number of hydrogen-bond donors (Lipinski definition) is 1. The molecule has 5 nitrogen and oxygen atoms in total. The standard InChI is InChI=1S/C14H22N2O3/c1-13(2,3)12-15-10(19-16-12)8-14(9-11(17)18)6-4-5-7-14/h4-9H2,1-3H3,(H,17,18). The van der Waals surface area contributed by atoms with E-state index in [1.807, 2.05) is 20.8 Å². The van der Waals surface area contributed by atoms with Crippen LogP contribution in [0.15, 0.2) is 4.52 Å². The van der Waals surface area contributed by atoms with Crippen molar-refractivity contribution in [3.05, 3.63) is 11.7 Å². The molecule has 19 heavy (non-hydrogen) atoms. The van der Waals surface area contributed by atoms with Gasteiger partial charge in [0.15, 0.2) is 5.82 Å². The maximum Gasteiger partial charge on any atom is 0.303 e. The van der Waals surface area contributed by atoms with Crippen molar-refractivity contribution in [2.75, 3.05) is 0 Å². The Balaban J connectivity index is 2.14. The number of rotatable bonds is 4. The molecule has 0 bridgehead atoms. The van der Waals surface area contributed by atoms with Crippen LogP contribution in [0, 0.1) is 5.41 Å². The summed E-state index contributed by atoms with van der Waals surface area (Å²) in [6.45, 7) is 6.10. The monoisotopic (exact) mass is 266 g/mol. The first-order valence-corrected chi connectivity index (χ1v) is 6.86. The van der Waals surface area contributed by atoms with Crippen LogP contribution < -0.4 is 0 Å². The van der Waals surface area contributed by atoms with Crippen LogP contribution in [0.1, 0.15) is 64.6 Å². The Morgan fingerprint density at radius 2 is 2.00 bits per heavy atom. The minimum Gasteiger partial charge on any atom is -0.481 e. The lowest BCUT2D eigenvalue weighted by atomic mass is 9.79. The van der Waals surface area contributed by atoms with Crippen LogP contribution in [0.25, 0.3) is 0 Å². The van der Waals surface area contributed by atoms with Gasteiger partial charge >= 0.3 is 5.97 Å². The van der Waals surface area contributed by atoms with Crippen molar-refractivity contribution in [1.29, 1.82) is 0 Å². The van der Waals surface area contributed by atoms with E-state index in [1.54, 1.807) is 0 Å². The highest BCUT2D eigenvalue weighted by atomic mass is 16.5. The second-order valence-electron chi connectivity index (χ2n) is 6.72. The number of aromatic nitrogens is 2. The summed E-state index contributed by atoms with van der Waals surface area (Å²) in [7, 11) is 0. The number of carboxylic acid groups (broad SMARTS) is 1. The maximum atomic E-state index is 11.0. The van der Waals surface area contributed by atoms with Gasteiger partial charge in [0, 0.05) is 11.8 Å². The summed E-state index contributed by atoms with van der Waals surface area (Å²) in [4.78, 5) is 15.5. The fourth-order valence-electron chi connectivity index (χ4n) is 2.81. The van der Waals surface area contributed by atoms with Crippen LogP contribution in [-0.4, -0.2) is 21.2 Å². The Labute approximate surface area is 113 Å². The third kappa shape index (κ3) is 3.33. The van der Waals surface area contributed by atoms with Crippen molar-refractivity contribution in [3.8, 4) is 0 Å². The molecule has 1 heterocycles. The van der Waals surface area contributed by atoms with Crippen LogP contribution in [0.2, 0.25) is 0 Å². The highest BCUT2D eigenvalue weighted by Gasteiger charge is 2.38. The zero-order valence-electron chi connectivity index (χ0n) is 11.9. The highest BCUT2D eigenvalue weighted by molar-refractivity contribution is 5.67. The molecule has 1 aromatic rings. The Kier molecular flexibility index (Phi) is 3.65. The van der Waals surface area contributed by atoms with E-state index in [2.05, 4.69) is 10.1 Å². The van der Waals surface area contributed by atoms with E-state index in [0.29, 0.717) is 18.1 Å². The number of carbonyl (C=O) groups is 1. The van der Waals surface area contributed by atoms with Crippen LogP contribution in [0.4, 0.5) is 0 Å². The van der Waals surface area contributed by atoms with Crippen LogP contribution in [0.3, 0.4) is 0 Å². The van der Waals surface area contributed by atoms with Gasteiger partial charge in [-0.15, -0.1) is 0 Å². The van der Waals surface area contributed by atoms with E-state index in [9.17, 15) is 4.79 Å². The van der Waals surface area contributed by atoms with Gasteiger partial charge in [-0.25, -0.2) is 0 Å². The lowest BCUT2D eigenvalue weighted by Crippen LogP contribution is -2.24. The van der Waals surface area contributed by atoms with Gasteiger partial charge in [-0.2, -0.15) is 4.98 Å². The predicted octanol–water partition coefficient (Wildman–Crippen LogP) is 2.94. The summed E-state index contributed by atoms with van der Waals surface area (Å²) in [5.74, 6) is 0.525. The number of hydrogen-bond acceptors (Lipinski definition) is 4. The van der Waals surface area contributed by atoms with E-state index in [4.69, 9.17) is 9.63 Å². The van der Waals surface area contributed by atoms with E-state index < -0.39 is 5.97 Å². The molecule has 0 radical (unpaired) electrons. The Bertz CT molecular complexity index is 454. The topological polar surface area (TPSA) is 76.2 Å². The predicted molar refractivity (Wildman–Crippen MR) is 69.9 cm³/mol. The first kappa shape index (κ1) is 14.0. The summed E-state index contributed by atoms with van der Waals surface area (Å²) in [6, 6.07) is 0. The number of nitrogens with zero attached hydrogens (tertiary/aromatic N) is 2. The lowest BCUT2D eigenvalue weighted by molar-refractivity contribution is -0.139. The molecular formula is C14H22N2O3. The fraction of sp³-hybridized carbons (Fsp3) is 0.786. The van der Waals surface area contributed by atoms with Gasteiger partial charge in [0.2, 0.25) is 5.89 Å². The third-order valence-corrected chi connectivity index (χ3v) is 3.86. The van der Waals surface area contributed by atoms with E-state index in [1.165, 1.54) is 0 Å². The number of aliphatic carboxylic acids is 1. The first-order valence-electron chi connectivity index (χ1n) is 6.86.